The Hall–Kier alpha value is -2.44. The van der Waals surface area contributed by atoms with E-state index in [1.165, 1.54) is 6.07 Å². The number of esters is 1. The van der Waals surface area contributed by atoms with E-state index in [4.69, 9.17) is 9.57 Å². The van der Waals surface area contributed by atoms with Gasteiger partial charge in [0.1, 0.15) is 11.9 Å². The molecule has 0 N–H and O–H groups in total. The van der Waals surface area contributed by atoms with Crippen molar-refractivity contribution in [2.45, 2.75) is 52.1 Å². The Bertz CT molecular complexity index is 767. The zero-order valence-corrected chi connectivity index (χ0v) is 16.4. The molecule has 0 saturated carbocycles. The molecule has 28 heavy (non-hydrogen) atoms. The van der Waals surface area contributed by atoms with Crippen molar-refractivity contribution in [3.8, 4) is 0 Å². The normalized spacial score (nSPS) is 24.5. The number of nitrogens with zero attached hydrogens (tertiary/aromatic N) is 2. The molecule has 0 spiro atoms. The third kappa shape index (κ3) is 4.18. The summed E-state index contributed by atoms with van der Waals surface area (Å²) in [6, 6.07) is 6.44. The molecule has 1 amide bonds. The van der Waals surface area contributed by atoms with Crippen LogP contribution in [0.1, 0.15) is 51.5 Å². The fourth-order valence-electron chi connectivity index (χ4n) is 4.10. The molecule has 1 aromatic rings. The molecule has 0 unspecified atom stereocenters. The monoisotopic (exact) mass is 390 g/mol. The third-order valence-corrected chi connectivity index (χ3v) is 5.48. The van der Waals surface area contributed by atoms with Gasteiger partial charge in [0, 0.05) is 37.9 Å². The van der Waals surface area contributed by atoms with Gasteiger partial charge in [0.15, 0.2) is 0 Å². The van der Waals surface area contributed by atoms with Crippen LogP contribution < -0.4 is 0 Å². The zero-order chi connectivity index (χ0) is 20.1. The van der Waals surface area contributed by atoms with Crippen LogP contribution in [0.25, 0.3) is 0 Å². The first-order valence-corrected chi connectivity index (χ1v) is 9.91. The Balaban J connectivity index is 1.75. The lowest BCUT2D eigenvalue weighted by Gasteiger charge is -2.41. The molecule has 0 aliphatic carbocycles. The number of oxime groups is 1. The number of rotatable bonds is 6. The van der Waals surface area contributed by atoms with E-state index < -0.39 is 5.41 Å². The average Bonchev–Trinajstić information content (AvgIpc) is 3.16. The van der Waals surface area contributed by atoms with Gasteiger partial charge in [-0.05, 0) is 25.8 Å². The molecule has 6 nitrogen and oxygen atoms in total. The fourth-order valence-corrected chi connectivity index (χ4v) is 4.10. The van der Waals surface area contributed by atoms with Gasteiger partial charge in [-0.3, -0.25) is 9.59 Å². The molecular formula is C21H27FN2O4. The second-order valence-corrected chi connectivity index (χ2v) is 7.43. The van der Waals surface area contributed by atoms with Crippen molar-refractivity contribution in [3.63, 3.8) is 0 Å². The molecule has 0 aromatic heterocycles. The van der Waals surface area contributed by atoms with E-state index in [1.54, 1.807) is 30.0 Å². The van der Waals surface area contributed by atoms with Crippen LogP contribution in [0.2, 0.25) is 0 Å². The molecule has 2 aliphatic heterocycles. The molecule has 2 heterocycles. The summed E-state index contributed by atoms with van der Waals surface area (Å²) in [5, 5.41) is 4.06. The molecule has 3 rings (SSSR count). The number of hydrogen-bond donors (Lipinski definition) is 0. The largest absolute Gasteiger partial charge is 0.466 e. The molecule has 1 aromatic carbocycles. The van der Waals surface area contributed by atoms with E-state index >= 15 is 0 Å². The first kappa shape index (κ1) is 20.3. The van der Waals surface area contributed by atoms with Gasteiger partial charge < -0.3 is 14.5 Å². The van der Waals surface area contributed by atoms with Crippen molar-refractivity contribution in [3.05, 3.63) is 35.6 Å². The maximum Gasteiger partial charge on any atom is 0.314 e. The molecule has 2 aliphatic rings. The molecule has 7 heteroatoms. The van der Waals surface area contributed by atoms with Gasteiger partial charge in [0.2, 0.25) is 5.91 Å². The molecule has 0 bridgehead atoms. The Labute approximate surface area is 164 Å². The number of hydrogen-bond acceptors (Lipinski definition) is 5. The molecule has 152 valence electrons. The summed E-state index contributed by atoms with van der Waals surface area (Å²) in [4.78, 5) is 32.4. The highest BCUT2D eigenvalue weighted by Crippen LogP contribution is 2.39. The van der Waals surface area contributed by atoms with E-state index in [1.807, 2.05) is 6.92 Å². The highest BCUT2D eigenvalue weighted by Gasteiger charge is 2.47. The number of likely N-dealkylation sites (tertiary alicyclic amines) is 1. The number of amides is 1. The van der Waals surface area contributed by atoms with E-state index in [-0.39, 0.29) is 30.4 Å². The summed E-state index contributed by atoms with van der Waals surface area (Å²) < 4.78 is 19.4. The lowest BCUT2D eigenvalue weighted by Crippen LogP contribution is -2.51. The van der Waals surface area contributed by atoms with E-state index in [2.05, 4.69) is 5.16 Å². The highest BCUT2D eigenvalue weighted by atomic mass is 19.1. The SMILES string of the molecule is CCOC(=O)[C@@]1(C[C@@H]2CC(c3ccccc3F)=NO2)CCCN(C(=O)CC)C1. The lowest BCUT2D eigenvalue weighted by molar-refractivity contribution is -0.163. The Morgan fingerprint density at radius 1 is 1.36 bits per heavy atom. The maximum absolute atomic E-state index is 14.1. The van der Waals surface area contributed by atoms with E-state index in [9.17, 15) is 14.0 Å². The van der Waals surface area contributed by atoms with Crippen molar-refractivity contribution in [1.29, 1.82) is 0 Å². The number of benzene rings is 1. The number of piperidine rings is 1. The van der Waals surface area contributed by atoms with Crippen LogP contribution in [-0.4, -0.2) is 48.3 Å². The number of halogens is 1. The number of ether oxygens (including phenoxy) is 1. The van der Waals surface area contributed by atoms with E-state index in [0.717, 1.165) is 6.42 Å². The standard InChI is InChI=1S/C21H27FN2O4/c1-3-19(25)24-11-7-10-21(14-24,20(26)27-4-2)13-15-12-18(23-28-15)16-8-5-6-9-17(16)22/h5-6,8-9,15H,3-4,7,10-14H2,1-2H3/t15-,21+/m0/s1. The summed E-state index contributed by atoms with van der Waals surface area (Å²) >= 11 is 0. The lowest BCUT2D eigenvalue weighted by atomic mass is 9.74. The molecule has 0 radical (unpaired) electrons. The van der Waals surface area contributed by atoms with Crippen LogP contribution in [-0.2, 0) is 19.2 Å². The minimum absolute atomic E-state index is 0.0315. The summed E-state index contributed by atoms with van der Waals surface area (Å²) in [6.07, 6.45) is 2.23. The summed E-state index contributed by atoms with van der Waals surface area (Å²) in [5.41, 5.74) is 0.144. The van der Waals surface area contributed by atoms with Gasteiger partial charge in [-0.2, -0.15) is 0 Å². The van der Waals surface area contributed by atoms with Crippen LogP contribution in [0, 0.1) is 11.2 Å². The van der Waals surface area contributed by atoms with Gasteiger partial charge in [-0.15, -0.1) is 0 Å². The van der Waals surface area contributed by atoms with Gasteiger partial charge in [0.05, 0.1) is 17.7 Å². The van der Waals surface area contributed by atoms with Crippen molar-refractivity contribution < 1.29 is 23.6 Å². The van der Waals surface area contributed by atoms with Crippen molar-refractivity contribution in [1.82, 2.24) is 4.90 Å². The van der Waals surface area contributed by atoms with Crippen molar-refractivity contribution >= 4 is 17.6 Å². The second kappa shape index (κ2) is 8.71. The minimum Gasteiger partial charge on any atom is -0.466 e. The Morgan fingerprint density at radius 2 is 2.14 bits per heavy atom. The minimum atomic E-state index is -0.816. The predicted octanol–water partition coefficient (Wildman–Crippen LogP) is 3.29. The second-order valence-electron chi connectivity index (χ2n) is 7.43. The van der Waals surface area contributed by atoms with Crippen molar-refractivity contribution in [2.24, 2.45) is 10.6 Å². The van der Waals surface area contributed by atoms with Gasteiger partial charge in [0.25, 0.3) is 0 Å². The smallest absolute Gasteiger partial charge is 0.314 e. The molecular weight excluding hydrogens is 363 g/mol. The van der Waals surface area contributed by atoms with Gasteiger partial charge in [-0.1, -0.05) is 30.3 Å². The summed E-state index contributed by atoms with van der Waals surface area (Å²) in [7, 11) is 0. The van der Waals surface area contributed by atoms with Crippen LogP contribution >= 0.6 is 0 Å². The molecule has 1 saturated heterocycles. The highest BCUT2D eigenvalue weighted by molar-refractivity contribution is 6.01. The number of carbonyl (C=O) groups excluding carboxylic acids is 2. The van der Waals surface area contributed by atoms with Crippen LogP contribution in [0.5, 0.6) is 0 Å². The first-order chi connectivity index (χ1) is 13.5. The first-order valence-electron chi connectivity index (χ1n) is 9.91. The van der Waals surface area contributed by atoms with Gasteiger partial charge >= 0.3 is 5.97 Å². The van der Waals surface area contributed by atoms with Crippen LogP contribution in [0.3, 0.4) is 0 Å². The predicted molar refractivity (Wildman–Crippen MR) is 102 cm³/mol. The summed E-state index contributed by atoms with van der Waals surface area (Å²) in [5.74, 6) is -0.612. The zero-order valence-electron chi connectivity index (χ0n) is 16.4. The topological polar surface area (TPSA) is 68.2 Å². The van der Waals surface area contributed by atoms with Crippen molar-refractivity contribution in [2.75, 3.05) is 19.7 Å². The molecule has 2 atom stereocenters. The average molecular weight is 390 g/mol. The third-order valence-electron chi connectivity index (χ3n) is 5.48. The number of carbonyl (C=O) groups is 2. The van der Waals surface area contributed by atoms with Crippen LogP contribution in [0.4, 0.5) is 4.39 Å². The maximum atomic E-state index is 14.1. The molecule has 1 fully saturated rings. The Kier molecular flexibility index (Phi) is 6.31. The quantitative estimate of drug-likeness (QED) is 0.699. The van der Waals surface area contributed by atoms with Gasteiger partial charge in [-0.25, -0.2) is 4.39 Å². The summed E-state index contributed by atoms with van der Waals surface area (Å²) in [6.45, 7) is 4.85. The fraction of sp³-hybridized carbons (Fsp3) is 0.571. The Morgan fingerprint density at radius 3 is 2.86 bits per heavy atom. The van der Waals surface area contributed by atoms with Crippen LogP contribution in [0.15, 0.2) is 29.4 Å². The van der Waals surface area contributed by atoms with E-state index in [0.29, 0.717) is 50.0 Å².